The van der Waals surface area contributed by atoms with Gasteiger partial charge in [-0.1, -0.05) is 12.1 Å². The Morgan fingerprint density at radius 1 is 1.45 bits per heavy atom. The molecule has 0 saturated heterocycles. The second-order valence-electron chi connectivity index (χ2n) is 2.07. The first-order valence-electron chi connectivity index (χ1n) is 2.87. The van der Waals surface area contributed by atoms with Gasteiger partial charge in [-0.3, -0.25) is 0 Å². The molecule has 1 rings (SSSR count). The van der Waals surface area contributed by atoms with Crippen LogP contribution in [0.4, 0.5) is 0 Å². The first-order valence-corrected chi connectivity index (χ1v) is 3.98. The summed E-state index contributed by atoms with van der Waals surface area (Å²) in [4.78, 5) is 0.458. The molecular formula is C7H9NaO2S. The molecular weight excluding hydrogens is 171 g/mol. The number of hydrogen-bond acceptors (Lipinski definition) is 1. The average Bonchev–Trinajstić information content (AvgIpc) is 1.88. The van der Waals surface area contributed by atoms with Gasteiger partial charge >= 0.3 is 29.6 Å². The zero-order valence-electron chi connectivity index (χ0n) is 5.57. The third-order valence-electron chi connectivity index (χ3n) is 1.19. The molecule has 0 aliphatic carbocycles. The third kappa shape index (κ3) is 3.49. The second-order valence-corrected chi connectivity index (χ2v) is 3.04. The van der Waals surface area contributed by atoms with Gasteiger partial charge in [-0.15, -0.1) is 0 Å². The van der Waals surface area contributed by atoms with Crippen LogP contribution in [0, 0.1) is 6.92 Å². The quantitative estimate of drug-likeness (QED) is 0.515. The fraction of sp³-hybridized carbons (Fsp3) is 0.143. The van der Waals surface area contributed by atoms with Crippen LogP contribution < -0.4 is 0 Å². The van der Waals surface area contributed by atoms with Gasteiger partial charge in [0.1, 0.15) is 0 Å². The molecule has 11 heavy (non-hydrogen) atoms. The summed E-state index contributed by atoms with van der Waals surface area (Å²) in [6, 6.07) is 6.97. The number of aryl methyl sites for hydroxylation is 1. The molecule has 0 aliphatic heterocycles. The van der Waals surface area contributed by atoms with Crippen molar-refractivity contribution in [3.63, 3.8) is 0 Å². The Kier molecular flexibility index (Phi) is 5.21. The van der Waals surface area contributed by atoms with Crippen LogP contribution >= 0.6 is 0 Å². The normalized spacial score (nSPS) is 11.8. The van der Waals surface area contributed by atoms with E-state index in [0.717, 1.165) is 5.56 Å². The summed E-state index contributed by atoms with van der Waals surface area (Å²) in [6.45, 7) is 1.89. The van der Waals surface area contributed by atoms with E-state index in [1.165, 1.54) is 0 Å². The van der Waals surface area contributed by atoms with Gasteiger partial charge in [0.25, 0.3) is 0 Å². The maximum absolute atomic E-state index is 10.5. The monoisotopic (exact) mass is 180 g/mol. The molecule has 4 heteroatoms. The first-order chi connectivity index (χ1) is 4.70. The van der Waals surface area contributed by atoms with E-state index < -0.39 is 11.1 Å². The van der Waals surface area contributed by atoms with Crippen molar-refractivity contribution in [2.45, 2.75) is 11.8 Å². The fourth-order valence-electron chi connectivity index (χ4n) is 0.724. The van der Waals surface area contributed by atoms with Gasteiger partial charge in [-0.05, 0) is 24.6 Å². The molecule has 1 unspecified atom stereocenters. The van der Waals surface area contributed by atoms with E-state index in [4.69, 9.17) is 4.55 Å². The maximum atomic E-state index is 10.5. The van der Waals surface area contributed by atoms with Crippen LogP contribution in [0.3, 0.4) is 0 Å². The summed E-state index contributed by atoms with van der Waals surface area (Å²) in [5.74, 6) is 0. The average molecular weight is 180 g/mol. The standard InChI is InChI=1S/C7H8O2S.Na.H/c1-6-3-2-4-7(5-6)10(8)9;;/h2-5H,1H3,(H,8,9);;. The van der Waals surface area contributed by atoms with Gasteiger partial charge < -0.3 is 4.55 Å². The molecule has 1 N–H and O–H groups in total. The third-order valence-corrected chi connectivity index (χ3v) is 1.85. The van der Waals surface area contributed by atoms with E-state index >= 15 is 0 Å². The summed E-state index contributed by atoms with van der Waals surface area (Å²) in [5.41, 5.74) is 1.000. The minimum absolute atomic E-state index is 0. The molecule has 0 aromatic heterocycles. The van der Waals surface area contributed by atoms with Crippen LogP contribution in [0.25, 0.3) is 0 Å². The number of benzene rings is 1. The van der Waals surface area contributed by atoms with E-state index in [9.17, 15) is 4.21 Å². The van der Waals surface area contributed by atoms with E-state index in [0.29, 0.717) is 4.90 Å². The Balaban J connectivity index is 0.000001000. The molecule has 1 aromatic rings. The van der Waals surface area contributed by atoms with E-state index in [2.05, 4.69) is 0 Å². The van der Waals surface area contributed by atoms with Gasteiger partial charge in [-0.2, -0.15) is 0 Å². The molecule has 0 saturated carbocycles. The SMILES string of the molecule is Cc1cccc(S(=O)O)c1.[NaH]. The van der Waals surface area contributed by atoms with Crippen molar-refractivity contribution in [3.8, 4) is 0 Å². The van der Waals surface area contributed by atoms with Gasteiger partial charge in [0, 0.05) is 0 Å². The molecule has 0 fully saturated rings. The molecule has 0 spiro atoms. The predicted molar refractivity (Wildman–Crippen MR) is 47.4 cm³/mol. The van der Waals surface area contributed by atoms with Crippen molar-refractivity contribution in [1.82, 2.24) is 0 Å². The van der Waals surface area contributed by atoms with Gasteiger partial charge in [0.2, 0.25) is 0 Å². The predicted octanol–water partition coefficient (Wildman–Crippen LogP) is 0.927. The molecule has 1 atom stereocenters. The topological polar surface area (TPSA) is 37.3 Å². The fourth-order valence-corrected chi connectivity index (χ4v) is 1.21. The minimum atomic E-state index is -1.84. The number of hydrogen-bond donors (Lipinski definition) is 1. The van der Waals surface area contributed by atoms with Crippen LogP contribution in [0.1, 0.15) is 5.56 Å². The molecule has 0 amide bonds. The van der Waals surface area contributed by atoms with Crippen LogP contribution in [-0.4, -0.2) is 38.3 Å². The van der Waals surface area contributed by atoms with Crippen molar-refractivity contribution in [3.05, 3.63) is 29.8 Å². The van der Waals surface area contributed by atoms with Crippen molar-refractivity contribution in [2.75, 3.05) is 0 Å². The van der Waals surface area contributed by atoms with Crippen molar-refractivity contribution in [1.29, 1.82) is 0 Å². The zero-order valence-corrected chi connectivity index (χ0v) is 6.39. The second kappa shape index (κ2) is 5.06. The number of rotatable bonds is 1. The Morgan fingerprint density at radius 2 is 2.09 bits per heavy atom. The van der Waals surface area contributed by atoms with Gasteiger partial charge in [-0.25, -0.2) is 4.21 Å². The molecule has 0 radical (unpaired) electrons. The molecule has 0 heterocycles. The summed E-state index contributed by atoms with van der Waals surface area (Å²) in [7, 11) is 0. The summed E-state index contributed by atoms with van der Waals surface area (Å²) < 4.78 is 19.1. The summed E-state index contributed by atoms with van der Waals surface area (Å²) in [6.07, 6.45) is 0. The van der Waals surface area contributed by atoms with E-state index in [1.807, 2.05) is 13.0 Å². The van der Waals surface area contributed by atoms with E-state index in [-0.39, 0.29) is 29.6 Å². The zero-order chi connectivity index (χ0) is 7.56. The van der Waals surface area contributed by atoms with Gasteiger partial charge in [0.05, 0.1) is 4.90 Å². The summed E-state index contributed by atoms with van der Waals surface area (Å²) in [5, 5.41) is 0. The summed E-state index contributed by atoms with van der Waals surface area (Å²) >= 11 is -1.84. The Hall–Kier alpha value is 0.330. The van der Waals surface area contributed by atoms with Crippen molar-refractivity contribution >= 4 is 40.6 Å². The van der Waals surface area contributed by atoms with Gasteiger partial charge in [0.15, 0.2) is 11.1 Å². The van der Waals surface area contributed by atoms with Crippen LogP contribution in [-0.2, 0) is 11.1 Å². The molecule has 0 bridgehead atoms. The molecule has 0 aliphatic rings. The van der Waals surface area contributed by atoms with Crippen LogP contribution in [0.15, 0.2) is 29.2 Å². The first kappa shape index (κ1) is 11.3. The Labute approximate surface area is 90.6 Å². The van der Waals surface area contributed by atoms with Crippen LogP contribution in [0.2, 0.25) is 0 Å². The van der Waals surface area contributed by atoms with Crippen molar-refractivity contribution < 1.29 is 8.76 Å². The van der Waals surface area contributed by atoms with Crippen molar-refractivity contribution in [2.24, 2.45) is 0 Å². The Morgan fingerprint density at radius 3 is 2.45 bits per heavy atom. The van der Waals surface area contributed by atoms with Crippen LogP contribution in [0.5, 0.6) is 0 Å². The Bertz CT molecular complexity index is 262. The molecule has 2 nitrogen and oxygen atoms in total. The molecule has 1 aromatic carbocycles. The molecule has 56 valence electrons. The van der Waals surface area contributed by atoms with E-state index in [1.54, 1.807) is 18.2 Å².